The van der Waals surface area contributed by atoms with Gasteiger partial charge in [-0.15, -0.1) is 0 Å². The fraction of sp³-hybridized carbons (Fsp3) is 0.222. The van der Waals surface area contributed by atoms with E-state index in [4.69, 9.17) is 11.6 Å². The van der Waals surface area contributed by atoms with Gasteiger partial charge in [0.15, 0.2) is 11.6 Å². The zero-order valence-electron chi connectivity index (χ0n) is 14.1. The molecule has 8 heteroatoms. The van der Waals surface area contributed by atoms with E-state index in [0.717, 1.165) is 23.7 Å². The van der Waals surface area contributed by atoms with Crippen LogP contribution < -0.4 is 0 Å². The molecule has 0 aliphatic heterocycles. The van der Waals surface area contributed by atoms with Gasteiger partial charge in [-0.1, -0.05) is 29.8 Å². The second-order valence-electron chi connectivity index (χ2n) is 6.14. The topological polar surface area (TPSA) is 44.8 Å². The summed E-state index contributed by atoms with van der Waals surface area (Å²) in [5, 5.41) is 6.48. The van der Waals surface area contributed by atoms with Crippen molar-refractivity contribution in [3.8, 4) is 22.8 Å². The molecule has 0 saturated heterocycles. The Kier molecular flexibility index (Phi) is 5.02. The molecule has 1 heterocycles. The summed E-state index contributed by atoms with van der Waals surface area (Å²) in [5.41, 5.74) is 1.24. The van der Waals surface area contributed by atoms with Crippen LogP contribution in [0.15, 0.2) is 42.5 Å². The second kappa shape index (κ2) is 7.09. The lowest BCUT2D eigenvalue weighted by molar-refractivity contribution is -0.137. The summed E-state index contributed by atoms with van der Waals surface area (Å²) in [6, 6.07) is 11.4. The van der Waals surface area contributed by atoms with Crippen LogP contribution >= 0.6 is 11.6 Å². The zero-order valence-corrected chi connectivity index (χ0v) is 14.9. The fourth-order valence-corrected chi connectivity index (χ4v) is 2.81. The van der Waals surface area contributed by atoms with Crippen molar-refractivity contribution in [1.29, 1.82) is 0 Å². The molecule has 0 radical (unpaired) electrons. The number of nitrogens with zero attached hydrogens (tertiary/aromatic N) is 3. The van der Waals surface area contributed by atoms with E-state index in [0.29, 0.717) is 5.82 Å². The Morgan fingerprint density at radius 3 is 2.54 bits per heavy atom. The van der Waals surface area contributed by atoms with Gasteiger partial charge >= 0.3 is 6.18 Å². The Labute approximate surface area is 153 Å². The van der Waals surface area contributed by atoms with Crippen LogP contribution in [-0.2, 0) is 12.7 Å². The van der Waals surface area contributed by atoms with E-state index in [1.165, 1.54) is 12.1 Å². The molecule has 3 rings (SSSR count). The molecule has 0 bridgehead atoms. The van der Waals surface area contributed by atoms with Crippen molar-refractivity contribution in [3.63, 3.8) is 0 Å². The summed E-state index contributed by atoms with van der Waals surface area (Å²) in [4.78, 5) is 6.37. The Bertz CT molecular complexity index is 919. The highest BCUT2D eigenvalue weighted by Crippen LogP contribution is 2.36. The molecule has 4 nitrogen and oxygen atoms in total. The van der Waals surface area contributed by atoms with E-state index in [1.807, 2.05) is 43.3 Å². The monoisotopic (exact) mass is 380 g/mol. The largest absolute Gasteiger partial charge is 0.417 e. The van der Waals surface area contributed by atoms with Gasteiger partial charge in [-0.05, 0) is 43.9 Å². The number of alkyl halides is 3. The Balaban J connectivity index is 1.94. The second-order valence-corrected chi connectivity index (χ2v) is 6.55. The maximum Gasteiger partial charge on any atom is 0.417 e. The molecular weight excluding hydrogens is 365 g/mol. The lowest BCUT2D eigenvalue weighted by Gasteiger charge is -2.10. The van der Waals surface area contributed by atoms with E-state index in [9.17, 15) is 13.2 Å². The number of nitrogens with one attached hydrogen (secondary N) is 1. The summed E-state index contributed by atoms with van der Waals surface area (Å²) in [7, 11) is 3.94. The predicted octanol–water partition coefficient (Wildman–Crippen LogP) is 4.87. The van der Waals surface area contributed by atoms with E-state index >= 15 is 0 Å². The van der Waals surface area contributed by atoms with Crippen LogP contribution in [0.2, 0.25) is 5.02 Å². The van der Waals surface area contributed by atoms with Crippen LogP contribution in [0.25, 0.3) is 22.8 Å². The van der Waals surface area contributed by atoms with Gasteiger partial charge in [0.2, 0.25) is 0 Å². The van der Waals surface area contributed by atoms with E-state index in [1.54, 1.807) is 0 Å². The highest BCUT2D eigenvalue weighted by molar-refractivity contribution is 6.31. The summed E-state index contributed by atoms with van der Waals surface area (Å²) in [5.74, 6) is 0.671. The molecule has 3 aromatic rings. The van der Waals surface area contributed by atoms with Crippen molar-refractivity contribution in [1.82, 2.24) is 20.1 Å². The van der Waals surface area contributed by atoms with Gasteiger partial charge in [-0.25, -0.2) is 4.98 Å². The van der Waals surface area contributed by atoms with Crippen LogP contribution in [-0.4, -0.2) is 34.2 Å². The lowest BCUT2D eigenvalue weighted by Crippen LogP contribution is -2.10. The van der Waals surface area contributed by atoms with Gasteiger partial charge in [0.1, 0.15) is 0 Å². The highest BCUT2D eigenvalue weighted by atomic mass is 35.5. The lowest BCUT2D eigenvalue weighted by atomic mass is 10.1. The maximum absolute atomic E-state index is 13.0. The quantitative estimate of drug-likeness (QED) is 0.702. The number of benzene rings is 2. The first-order valence-corrected chi connectivity index (χ1v) is 8.15. The van der Waals surface area contributed by atoms with E-state index < -0.39 is 11.7 Å². The zero-order chi connectivity index (χ0) is 18.9. The van der Waals surface area contributed by atoms with Gasteiger partial charge < -0.3 is 4.90 Å². The number of hydrogen-bond acceptors (Lipinski definition) is 3. The van der Waals surface area contributed by atoms with Gasteiger partial charge in [0, 0.05) is 17.7 Å². The molecular formula is C18H16ClF3N4. The average molecular weight is 381 g/mol. The normalized spacial score (nSPS) is 12.0. The molecule has 136 valence electrons. The molecule has 0 atom stereocenters. The minimum absolute atomic E-state index is 0.250. The van der Waals surface area contributed by atoms with Crippen molar-refractivity contribution in [2.75, 3.05) is 14.1 Å². The molecule has 0 saturated carbocycles. The maximum atomic E-state index is 13.0. The SMILES string of the molecule is CN(C)Cc1cccc(-c2n[nH]c(-c3ccc(Cl)c(C(F)(F)F)c3)n2)c1. The third-order valence-corrected chi connectivity index (χ3v) is 4.04. The van der Waals surface area contributed by atoms with Crippen molar-refractivity contribution in [2.45, 2.75) is 12.7 Å². The summed E-state index contributed by atoms with van der Waals surface area (Å²) in [6.07, 6.45) is -4.53. The Morgan fingerprint density at radius 1 is 1.08 bits per heavy atom. The van der Waals surface area contributed by atoms with Crippen molar-refractivity contribution in [2.24, 2.45) is 0 Å². The Morgan fingerprint density at radius 2 is 1.85 bits per heavy atom. The number of hydrogen-bond donors (Lipinski definition) is 1. The third kappa shape index (κ3) is 4.05. The number of H-pyrrole nitrogens is 1. The molecule has 0 aliphatic carbocycles. The molecule has 0 unspecified atom stereocenters. The number of halogens is 4. The molecule has 26 heavy (non-hydrogen) atoms. The molecule has 1 N–H and O–H groups in total. The van der Waals surface area contributed by atoms with Gasteiger partial charge in [-0.2, -0.15) is 18.3 Å². The molecule has 0 aliphatic rings. The van der Waals surface area contributed by atoms with E-state index in [2.05, 4.69) is 15.2 Å². The summed E-state index contributed by atoms with van der Waals surface area (Å²) < 4.78 is 39.1. The first-order valence-electron chi connectivity index (χ1n) is 7.77. The Hall–Kier alpha value is -2.38. The number of rotatable bonds is 4. The van der Waals surface area contributed by atoms with Crippen LogP contribution in [0.5, 0.6) is 0 Å². The number of aromatic nitrogens is 3. The standard InChI is InChI=1S/C18H16ClF3N4/c1-26(2)10-11-4-3-5-12(8-11)16-23-17(25-24-16)13-6-7-15(19)14(9-13)18(20,21)22/h3-9H,10H2,1-2H3,(H,23,24,25). The van der Waals surface area contributed by atoms with Crippen LogP contribution in [0, 0.1) is 0 Å². The van der Waals surface area contributed by atoms with Crippen molar-refractivity contribution in [3.05, 3.63) is 58.6 Å². The summed E-state index contributed by atoms with van der Waals surface area (Å²) in [6.45, 7) is 0.761. The minimum atomic E-state index is -4.53. The number of aromatic amines is 1. The highest BCUT2D eigenvalue weighted by Gasteiger charge is 2.33. The van der Waals surface area contributed by atoms with Gasteiger partial charge in [0.25, 0.3) is 0 Å². The smallest absolute Gasteiger partial charge is 0.305 e. The molecule has 0 spiro atoms. The van der Waals surface area contributed by atoms with E-state index in [-0.39, 0.29) is 16.4 Å². The average Bonchev–Trinajstić information content (AvgIpc) is 3.04. The van der Waals surface area contributed by atoms with Gasteiger partial charge in [-0.3, -0.25) is 5.10 Å². The third-order valence-electron chi connectivity index (χ3n) is 3.71. The van der Waals surface area contributed by atoms with Crippen LogP contribution in [0.3, 0.4) is 0 Å². The van der Waals surface area contributed by atoms with Crippen molar-refractivity contribution < 1.29 is 13.2 Å². The molecule has 2 aromatic carbocycles. The summed E-state index contributed by atoms with van der Waals surface area (Å²) >= 11 is 5.66. The minimum Gasteiger partial charge on any atom is -0.305 e. The van der Waals surface area contributed by atoms with Gasteiger partial charge in [0.05, 0.1) is 10.6 Å². The van der Waals surface area contributed by atoms with Crippen LogP contribution in [0.4, 0.5) is 13.2 Å². The predicted molar refractivity (Wildman–Crippen MR) is 94.7 cm³/mol. The first-order chi connectivity index (χ1) is 12.2. The van der Waals surface area contributed by atoms with Crippen LogP contribution in [0.1, 0.15) is 11.1 Å². The first kappa shape index (κ1) is 18.4. The fourth-order valence-electron chi connectivity index (χ4n) is 2.58. The molecule has 1 aromatic heterocycles. The molecule has 0 fully saturated rings. The molecule has 0 amide bonds. The van der Waals surface area contributed by atoms with Crippen molar-refractivity contribution >= 4 is 11.6 Å².